The molecule has 0 radical (unpaired) electrons. The van der Waals surface area contributed by atoms with Crippen LogP contribution in [0.25, 0.3) is 10.9 Å². The molecule has 106 valence electrons. The third kappa shape index (κ3) is 2.60. The molecule has 3 aromatic rings. The number of aromatic amines is 1. The zero-order chi connectivity index (χ0) is 15.0. The largest absolute Gasteiger partial charge is 0.358 e. The quantitative estimate of drug-likeness (QED) is 0.761. The second-order valence-corrected chi connectivity index (χ2v) is 5.20. The molecule has 0 unspecified atom stereocenters. The first kappa shape index (κ1) is 13.6. The molecule has 0 bridgehead atoms. The van der Waals surface area contributed by atoms with E-state index in [1.54, 1.807) is 6.07 Å². The van der Waals surface area contributed by atoms with Gasteiger partial charge in [0.2, 0.25) is 0 Å². The highest BCUT2D eigenvalue weighted by atomic mass is 35.5. The van der Waals surface area contributed by atoms with E-state index in [-0.39, 0.29) is 11.1 Å². The molecule has 5 nitrogen and oxygen atoms in total. The average Bonchev–Trinajstić information content (AvgIpc) is 2.76. The van der Waals surface area contributed by atoms with Crippen molar-refractivity contribution in [3.63, 3.8) is 0 Å². The molecule has 0 saturated carbocycles. The minimum atomic E-state index is -0.230. The van der Waals surface area contributed by atoms with Crippen molar-refractivity contribution < 1.29 is 4.79 Å². The summed E-state index contributed by atoms with van der Waals surface area (Å²) in [6, 6.07) is 5.54. The van der Waals surface area contributed by atoms with Crippen LogP contribution >= 0.6 is 11.6 Å². The van der Waals surface area contributed by atoms with Gasteiger partial charge in [0.25, 0.3) is 5.91 Å². The molecule has 1 amide bonds. The van der Waals surface area contributed by atoms with Crippen LogP contribution < -0.4 is 5.32 Å². The Morgan fingerprint density at radius 3 is 2.76 bits per heavy atom. The SMILES string of the molecule is Cc1[nH]c2ccc(C(=O)Nc3cnc(Cl)cn3)cc2c1C. The standard InChI is InChI=1S/C15H13ClN4O/c1-8-9(2)19-12-4-3-10(5-11(8)12)15(21)20-14-7-17-13(16)6-18-14/h3-7,19H,1-2H3,(H,18,20,21). The number of benzene rings is 1. The van der Waals surface area contributed by atoms with Gasteiger partial charge in [-0.25, -0.2) is 9.97 Å². The van der Waals surface area contributed by atoms with E-state index in [4.69, 9.17) is 11.6 Å². The number of nitrogens with zero attached hydrogens (tertiary/aromatic N) is 2. The van der Waals surface area contributed by atoms with Gasteiger partial charge in [-0.2, -0.15) is 0 Å². The molecule has 0 aliphatic heterocycles. The number of carbonyl (C=O) groups excluding carboxylic acids is 1. The molecule has 2 aromatic heterocycles. The van der Waals surface area contributed by atoms with Crippen molar-refractivity contribution in [2.45, 2.75) is 13.8 Å². The van der Waals surface area contributed by atoms with E-state index in [1.165, 1.54) is 12.4 Å². The highest BCUT2D eigenvalue weighted by Crippen LogP contribution is 2.22. The molecule has 0 aliphatic carbocycles. The van der Waals surface area contributed by atoms with E-state index in [0.717, 1.165) is 22.2 Å². The summed E-state index contributed by atoms with van der Waals surface area (Å²) >= 11 is 5.66. The first-order valence-electron chi connectivity index (χ1n) is 6.42. The van der Waals surface area contributed by atoms with Crippen molar-refractivity contribution >= 4 is 34.2 Å². The number of aromatic nitrogens is 3. The number of carbonyl (C=O) groups is 1. The number of halogens is 1. The fraction of sp³-hybridized carbons (Fsp3) is 0.133. The summed E-state index contributed by atoms with van der Waals surface area (Å²) in [5.74, 6) is 0.137. The molecule has 0 saturated heterocycles. The van der Waals surface area contributed by atoms with Crippen LogP contribution in [0.15, 0.2) is 30.6 Å². The van der Waals surface area contributed by atoms with Crippen LogP contribution in [0.5, 0.6) is 0 Å². The number of anilines is 1. The third-order valence-corrected chi connectivity index (χ3v) is 3.63. The van der Waals surface area contributed by atoms with Crippen LogP contribution in [0.3, 0.4) is 0 Å². The Bertz CT molecular complexity index is 824. The number of hydrogen-bond donors (Lipinski definition) is 2. The summed E-state index contributed by atoms with van der Waals surface area (Å²) in [7, 11) is 0. The predicted octanol–water partition coefficient (Wildman–Crippen LogP) is 3.48. The number of rotatable bonds is 2. The molecule has 2 heterocycles. The number of H-pyrrole nitrogens is 1. The maximum atomic E-state index is 12.2. The lowest BCUT2D eigenvalue weighted by molar-refractivity contribution is 0.102. The van der Waals surface area contributed by atoms with Gasteiger partial charge in [0.05, 0.1) is 12.4 Å². The first-order chi connectivity index (χ1) is 10.0. The highest BCUT2D eigenvalue weighted by Gasteiger charge is 2.10. The zero-order valence-corrected chi connectivity index (χ0v) is 12.3. The number of hydrogen-bond acceptors (Lipinski definition) is 3. The zero-order valence-electron chi connectivity index (χ0n) is 11.6. The van der Waals surface area contributed by atoms with Gasteiger partial charge in [0, 0.05) is 22.2 Å². The van der Waals surface area contributed by atoms with Crippen molar-refractivity contribution in [1.29, 1.82) is 0 Å². The topological polar surface area (TPSA) is 70.7 Å². The van der Waals surface area contributed by atoms with E-state index >= 15 is 0 Å². The Kier molecular flexibility index (Phi) is 3.35. The summed E-state index contributed by atoms with van der Waals surface area (Å²) in [5.41, 5.74) is 3.84. The lowest BCUT2D eigenvalue weighted by Gasteiger charge is -2.04. The molecule has 3 rings (SSSR count). The van der Waals surface area contributed by atoms with Crippen LogP contribution in [-0.4, -0.2) is 20.9 Å². The molecule has 0 fully saturated rings. The molecular formula is C15H13ClN4O. The fourth-order valence-corrected chi connectivity index (χ4v) is 2.27. The summed E-state index contributed by atoms with van der Waals surface area (Å²) in [6.07, 6.45) is 2.81. The van der Waals surface area contributed by atoms with Crippen molar-refractivity contribution in [1.82, 2.24) is 15.0 Å². The summed E-state index contributed by atoms with van der Waals surface area (Å²) < 4.78 is 0. The van der Waals surface area contributed by atoms with Crippen molar-refractivity contribution in [2.75, 3.05) is 5.32 Å². The predicted molar refractivity (Wildman–Crippen MR) is 82.8 cm³/mol. The number of amides is 1. The van der Waals surface area contributed by atoms with E-state index < -0.39 is 0 Å². The van der Waals surface area contributed by atoms with E-state index in [0.29, 0.717) is 11.4 Å². The van der Waals surface area contributed by atoms with Gasteiger partial charge in [0.1, 0.15) is 5.15 Å². The Hall–Kier alpha value is -2.40. The van der Waals surface area contributed by atoms with Crippen molar-refractivity contribution in [3.05, 3.63) is 52.6 Å². The Balaban J connectivity index is 1.90. The van der Waals surface area contributed by atoms with Gasteiger partial charge in [-0.3, -0.25) is 4.79 Å². The average molecular weight is 301 g/mol. The summed E-state index contributed by atoms with van der Waals surface area (Å²) in [6.45, 7) is 4.04. The third-order valence-electron chi connectivity index (χ3n) is 3.43. The fourth-order valence-electron chi connectivity index (χ4n) is 2.17. The Morgan fingerprint density at radius 1 is 1.24 bits per heavy atom. The normalized spacial score (nSPS) is 10.8. The maximum absolute atomic E-state index is 12.2. The molecule has 2 N–H and O–H groups in total. The molecule has 0 aliphatic rings. The van der Waals surface area contributed by atoms with Gasteiger partial charge < -0.3 is 10.3 Å². The molecule has 0 spiro atoms. The highest BCUT2D eigenvalue weighted by molar-refractivity contribution is 6.29. The van der Waals surface area contributed by atoms with Gasteiger partial charge >= 0.3 is 0 Å². The maximum Gasteiger partial charge on any atom is 0.256 e. The minimum absolute atomic E-state index is 0.230. The van der Waals surface area contributed by atoms with Gasteiger partial charge in [-0.05, 0) is 37.6 Å². The molecule has 21 heavy (non-hydrogen) atoms. The van der Waals surface area contributed by atoms with E-state index in [9.17, 15) is 4.79 Å². The Morgan fingerprint density at radius 2 is 2.05 bits per heavy atom. The van der Waals surface area contributed by atoms with E-state index in [1.807, 2.05) is 26.0 Å². The second kappa shape index (κ2) is 5.18. The number of aryl methyl sites for hydroxylation is 2. The number of fused-ring (bicyclic) bond motifs is 1. The summed E-state index contributed by atoms with van der Waals surface area (Å²) in [5, 5.41) is 4.02. The molecule has 0 atom stereocenters. The van der Waals surface area contributed by atoms with Crippen LogP contribution in [0.4, 0.5) is 5.82 Å². The molecule has 1 aromatic carbocycles. The Labute approximate surface area is 126 Å². The van der Waals surface area contributed by atoms with Crippen LogP contribution in [0.1, 0.15) is 21.6 Å². The summed E-state index contributed by atoms with van der Waals surface area (Å²) in [4.78, 5) is 23.4. The van der Waals surface area contributed by atoms with Crippen molar-refractivity contribution in [2.24, 2.45) is 0 Å². The first-order valence-corrected chi connectivity index (χ1v) is 6.80. The van der Waals surface area contributed by atoms with E-state index in [2.05, 4.69) is 20.3 Å². The second-order valence-electron chi connectivity index (χ2n) is 4.81. The van der Waals surface area contributed by atoms with Crippen LogP contribution in [0, 0.1) is 13.8 Å². The van der Waals surface area contributed by atoms with Gasteiger partial charge in [-0.15, -0.1) is 0 Å². The minimum Gasteiger partial charge on any atom is -0.358 e. The molecular weight excluding hydrogens is 288 g/mol. The molecule has 6 heteroatoms. The monoisotopic (exact) mass is 300 g/mol. The lowest BCUT2D eigenvalue weighted by atomic mass is 10.1. The van der Waals surface area contributed by atoms with Gasteiger partial charge in [-0.1, -0.05) is 11.6 Å². The van der Waals surface area contributed by atoms with Crippen molar-refractivity contribution in [3.8, 4) is 0 Å². The smallest absolute Gasteiger partial charge is 0.256 e. The number of nitrogens with one attached hydrogen (secondary N) is 2. The lowest BCUT2D eigenvalue weighted by Crippen LogP contribution is -2.13. The van der Waals surface area contributed by atoms with Gasteiger partial charge in [0.15, 0.2) is 5.82 Å². The van der Waals surface area contributed by atoms with Crippen LogP contribution in [0.2, 0.25) is 5.15 Å². The van der Waals surface area contributed by atoms with Crippen LogP contribution in [-0.2, 0) is 0 Å².